The first kappa shape index (κ1) is 15.4. The van der Waals surface area contributed by atoms with Gasteiger partial charge in [-0.15, -0.1) is 0 Å². The number of carbonyl (C=O) groups excluding carboxylic acids is 1. The molecule has 3 rings (SSSR count). The molecule has 1 aliphatic rings. The van der Waals surface area contributed by atoms with E-state index in [0.717, 1.165) is 18.7 Å². The van der Waals surface area contributed by atoms with Gasteiger partial charge < -0.3 is 15.0 Å². The van der Waals surface area contributed by atoms with Crippen molar-refractivity contribution in [3.8, 4) is 0 Å². The fraction of sp³-hybridized carbons (Fsp3) is 0.353. The maximum absolute atomic E-state index is 12.3. The molecule has 1 saturated heterocycles. The third-order valence-corrected chi connectivity index (χ3v) is 3.84. The lowest BCUT2D eigenvalue weighted by molar-refractivity contribution is 0.0939. The van der Waals surface area contributed by atoms with Gasteiger partial charge >= 0.3 is 0 Å². The standard InChI is InChI=1S/C17H20N4O2/c1-13(14-5-3-2-4-6-14)20-16(22)15-11-18-17(19-12-15)21-7-9-23-10-8-21/h2-6,11-13H,7-10H2,1H3,(H,20,22). The number of anilines is 1. The fourth-order valence-corrected chi connectivity index (χ4v) is 2.47. The molecule has 1 aromatic carbocycles. The van der Waals surface area contributed by atoms with Crippen molar-refractivity contribution in [2.75, 3.05) is 31.2 Å². The van der Waals surface area contributed by atoms with E-state index >= 15 is 0 Å². The van der Waals surface area contributed by atoms with E-state index in [1.807, 2.05) is 37.3 Å². The molecule has 1 aromatic heterocycles. The summed E-state index contributed by atoms with van der Waals surface area (Å²) in [6.45, 7) is 4.86. The van der Waals surface area contributed by atoms with Crippen LogP contribution in [0.2, 0.25) is 0 Å². The lowest BCUT2D eigenvalue weighted by atomic mass is 10.1. The van der Waals surface area contributed by atoms with E-state index in [1.165, 1.54) is 0 Å². The number of hydrogen-bond donors (Lipinski definition) is 1. The Morgan fingerprint density at radius 1 is 1.17 bits per heavy atom. The second-order valence-electron chi connectivity index (χ2n) is 5.48. The number of carbonyl (C=O) groups is 1. The van der Waals surface area contributed by atoms with Crippen molar-refractivity contribution in [3.05, 3.63) is 53.9 Å². The van der Waals surface area contributed by atoms with Crippen LogP contribution in [-0.4, -0.2) is 42.2 Å². The average molecular weight is 312 g/mol. The second kappa shape index (κ2) is 7.19. The van der Waals surface area contributed by atoms with Gasteiger partial charge in [0.15, 0.2) is 0 Å². The zero-order valence-corrected chi connectivity index (χ0v) is 13.1. The third kappa shape index (κ3) is 3.84. The van der Waals surface area contributed by atoms with E-state index in [1.54, 1.807) is 12.4 Å². The molecule has 2 heterocycles. The Labute approximate surface area is 135 Å². The maximum Gasteiger partial charge on any atom is 0.254 e. The lowest BCUT2D eigenvalue weighted by Crippen LogP contribution is -2.37. The summed E-state index contributed by atoms with van der Waals surface area (Å²) in [6, 6.07) is 9.78. The highest BCUT2D eigenvalue weighted by Gasteiger charge is 2.16. The van der Waals surface area contributed by atoms with Crippen LogP contribution >= 0.6 is 0 Å². The highest BCUT2D eigenvalue weighted by molar-refractivity contribution is 5.93. The highest BCUT2D eigenvalue weighted by Crippen LogP contribution is 2.13. The fourth-order valence-electron chi connectivity index (χ4n) is 2.47. The van der Waals surface area contributed by atoms with Crippen molar-refractivity contribution in [2.45, 2.75) is 13.0 Å². The SMILES string of the molecule is CC(NC(=O)c1cnc(N2CCOCC2)nc1)c1ccccc1. The number of amides is 1. The van der Waals surface area contributed by atoms with E-state index in [-0.39, 0.29) is 11.9 Å². The summed E-state index contributed by atoms with van der Waals surface area (Å²) >= 11 is 0. The van der Waals surface area contributed by atoms with Crippen LogP contribution in [0.1, 0.15) is 28.9 Å². The molecule has 0 spiro atoms. The van der Waals surface area contributed by atoms with Crippen LogP contribution in [0.4, 0.5) is 5.95 Å². The van der Waals surface area contributed by atoms with Crippen LogP contribution in [0.25, 0.3) is 0 Å². The van der Waals surface area contributed by atoms with Crippen molar-refractivity contribution in [1.82, 2.24) is 15.3 Å². The molecule has 0 aliphatic carbocycles. The average Bonchev–Trinajstić information content (AvgIpc) is 2.63. The molecule has 1 N–H and O–H groups in total. The van der Waals surface area contributed by atoms with Gasteiger partial charge in [-0.2, -0.15) is 0 Å². The van der Waals surface area contributed by atoms with Gasteiger partial charge in [0.2, 0.25) is 5.95 Å². The van der Waals surface area contributed by atoms with Crippen LogP contribution < -0.4 is 10.2 Å². The van der Waals surface area contributed by atoms with E-state index < -0.39 is 0 Å². The molecule has 1 atom stereocenters. The third-order valence-electron chi connectivity index (χ3n) is 3.84. The Bertz CT molecular complexity index is 639. The summed E-state index contributed by atoms with van der Waals surface area (Å²) in [4.78, 5) is 22.9. The van der Waals surface area contributed by atoms with Crippen LogP contribution in [0.15, 0.2) is 42.7 Å². The summed E-state index contributed by atoms with van der Waals surface area (Å²) in [5, 5.41) is 2.96. The number of nitrogens with zero attached hydrogens (tertiary/aromatic N) is 3. The van der Waals surface area contributed by atoms with Crippen LogP contribution in [-0.2, 0) is 4.74 Å². The molecular weight excluding hydrogens is 292 g/mol. The number of rotatable bonds is 4. The number of nitrogens with one attached hydrogen (secondary N) is 1. The minimum atomic E-state index is -0.171. The minimum Gasteiger partial charge on any atom is -0.378 e. The van der Waals surface area contributed by atoms with Crippen molar-refractivity contribution in [1.29, 1.82) is 0 Å². The predicted octanol–water partition coefficient (Wildman–Crippen LogP) is 1.80. The minimum absolute atomic E-state index is 0.0670. The molecule has 2 aromatic rings. The predicted molar refractivity (Wildman–Crippen MR) is 87.4 cm³/mol. The van der Waals surface area contributed by atoms with Crippen molar-refractivity contribution < 1.29 is 9.53 Å². The van der Waals surface area contributed by atoms with E-state index in [4.69, 9.17) is 4.74 Å². The molecule has 6 nitrogen and oxygen atoms in total. The monoisotopic (exact) mass is 312 g/mol. The number of hydrogen-bond acceptors (Lipinski definition) is 5. The maximum atomic E-state index is 12.3. The first-order valence-corrected chi connectivity index (χ1v) is 7.74. The zero-order chi connectivity index (χ0) is 16.1. The molecule has 6 heteroatoms. The van der Waals surface area contributed by atoms with Crippen LogP contribution in [0.5, 0.6) is 0 Å². The van der Waals surface area contributed by atoms with Gasteiger partial charge in [0.25, 0.3) is 5.91 Å². The lowest BCUT2D eigenvalue weighted by Gasteiger charge is -2.26. The summed E-state index contributed by atoms with van der Waals surface area (Å²) in [6.07, 6.45) is 3.15. The second-order valence-corrected chi connectivity index (χ2v) is 5.48. The van der Waals surface area contributed by atoms with Gasteiger partial charge in [0, 0.05) is 25.5 Å². The van der Waals surface area contributed by atoms with Gasteiger partial charge in [0.1, 0.15) is 0 Å². The highest BCUT2D eigenvalue weighted by atomic mass is 16.5. The van der Waals surface area contributed by atoms with Crippen molar-refractivity contribution in [2.24, 2.45) is 0 Å². The Morgan fingerprint density at radius 2 is 1.83 bits per heavy atom. The molecule has 0 saturated carbocycles. The first-order chi connectivity index (χ1) is 11.2. The van der Waals surface area contributed by atoms with E-state index in [0.29, 0.717) is 24.7 Å². The topological polar surface area (TPSA) is 67.4 Å². The quantitative estimate of drug-likeness (QED) is 0.932. The van der Waals surface area contributed by atoms with E-state index in [2.05, 4.69) is 20.2 Å². The Morgan fingerprint density at radius 3 is 2.48 bits per heavy atom. The Kier molecular flexibility index (Phi) is 4.83. The Balaban J connectivity index is 1.63. The van der Waals surface area contributed by atoms with Gasteiger partial charge in [-0.3, -0.25) is 4.79 Å². The van der Waals surface area contributed by atoms with E-state index in [9.17, 15) is 4.79 Å². The molecular formula is C17H20N4O2. The first-order valence-electron chi connectivity index (χ1n) is 7.74. The van der Waals surface area contributed by atoms with Crippen LogP contribution in [0.3, 0.4) is 0 Å². The molecule has 1 aliphatic heterocycles. The molecule has 0 radical (unpaired) electrons. The van der Waals surface area contributed by atoms with Gasteiger partial charge in [-0.1, -0.05) is 30.3 Å². The molecule has 1 unspecified atom stereocenters. The summed E-state index contributed by atoms with van der Waals surface area (Å²) in [5.41, 5.74) is 1.52. The number of benzene rings is 1. The molecule has 1 amide bonds. The zero-order valence-electron chi connectivity index (χ0n) is 13.1. The number of aromatic nitrogens is 2. The largest absolute Gasteiger partial charge is 0.378 e. The smallest absolute Gasteiger partial charge is 0.254 e. The van der Waals surface area contributed by atoms with Gasteiger partial charge in [-0.25, -0.2) is 9.97 Å². The molecule has 1 fully saturated rings. The summed E-state index contributed by atoms with van der Waals surface area (Å²) in [7, 11) is 0. The van der Waals surface area contributed by atoms with Crippen molar-refractivity contribution in [3.63, 3.8) is 0 Å². The number of ether oxygens (including phenoxy) is 1. The summed E-state index contributed by atoms with van der Waals surface area (Å²) < 4.78 is 5.31. The van der Waals surface area contributed by atoms with Gasteiger partial charge in [0.05, 0.1) is 24.8 Å². The summed E-state index contributed by atoms with van der Waals surface area (Å²) in [5.74, 6) is 0.468. The molecule has 23 heavy (non-hydrogen) atoms. The number of morpholine rings is 1. The van der Waals surface area contributed by atoms with Crippen molar-refractivity contribution >= 4 is 11.9 Å². The molecule has 120 valence electrons. The normalized spacial score (nSPS) is 16.0. The molecule has 0 bridgehead atoms. The van der Waals surface area contributed by atoms with Gasteiger partial charge in [-0.05, 0) is 12.5 Å². The van der Waals surface area contributed by atoms with Crippen LogP contribution in [0, 0.1) is 0 Å². The Hall–Kier alpha value is -2.47.